The Balaban J connectivity index is 3.11. The molecule has 0 aromatic rings. The Labute approximate surface area is 139 Å². The van der Waals surface area contributed by atoms with Gasteiger partial charge in [-0.1, -0.05) is 46.0 Å². The second-order valence-electron chi connectivity index (χ2n) is 6.91. The van der Waals surface area contributed by atoms with E-state index in [4.69, 9.17) is 0 Å². The summed E-state index contributed by atoms with van der Waals surface area (Å²) in [6.07, 6.45) is 6.36. The maximum atomic E-state index is 11.9. The van der Waals surface area contributed by atoms with Crippen LogP contribution >= 0.6 is 0 Å². The standard InChI is InChI=1S/C20H28O3/c1-6-8-9-17(21)13-16(7-2)10-11-20(23)15(3)12-18(22)14-19(20,4)5/h12-13,23H,6-9,14H2,1-5H3/b16-13-. The molecule has 0 aromatic carbocycles. The molecule has 1 unspecified atom stereocenters. The van der Waals surface area contributed by atoms with E-state index in [0.29, 0.717) is 18.4 Å². The zero-order valence-electron chi connectivity index (χ0n) is 15.0. The smallest absolute Gasteiger partial charge is 0.156 e. The van der Waals surface area contributed by atoms with Crippen LogP contribution in [-0.4, -0.2) is 22.3 Å². The summed E-state index contributed by atoms with van der Waals surface area (Å²) < 4.78 is 0. The molecule has 0 radical (unpaired) electrons. The predicted molar refractivity (Wildman–Crippen MR) is 92.8 cm³/mol. The summed E-state index contributed by atoms with van der Waals surface area (Å²) in [5, 5.41) is 11.0. The summed E-state index contributed by atoms with van der Waals surface area (Å²) in [5.41, 5.74) is -0.707. The van der Waals surface area contributed by atoms with E-state index in [1.54, 1.807) is 13.0 Å². The van der Waals surface area contributed by atoms with Crippen molar-refractivity contribution in [2.75, 3.05) is 0 Å². The lowest BCUT2D eigenvalue weighted by molar-refractivity contribution is -0.121. The number of hydrogen-bond acceptors (Lipinski definition) is 3. The molecule has 1 aliphatic carbocycles. The number of allylic oxidation sites excluding steroid dienone is 3. The van der Waals surface area contributed by atoms with E-state index < -0.39 is 11.0 Å². The van der Waals surface area contributed by atoms with Gasteiger partial charge in [-0.3, -0.25) is 9.59 Å². The van der Waals surface area contributed by atoms with E-state index in [-0.39, 0.29) is 18.0 Å². The van der Waals surface area contributed by atoms with Crippen LogP contribution in [0.25, 0.3) is 0 Å². The van der Waals surface area contributed by atoms with Crippen molar-refractivity contribution < 1.29 is 14.7 Å². The highest BCUT2D eigenvalue weighted by atomic mass is 16.3. The molecular weight excluding hydrogens is 288 g/mol. The van der Waals surface area contributed by atoms with E-state index in [0.717, 1.165) is 18.4 Å². The lowest BCUT2D eigenvalue weighted by Crippen LogP contribution is -2.48. The molecular formula is C20H28O3. The van der Waals surface area contributed by atoms with Crippen LogP contribution in [0.5, 0.6) is 0 Å². The van der Waals surface area contributed by atoms with Crippen molar-refractivity contribution in [3.63, 3.8) is 0 Å². The van der Waals surface area contributed by atoms with Crippen molar-refractivity contribution in [1.82, 2.24) is 0 Å². The van der Waals surface area contributed by atoms with E-state index in [1.165, 1.54) is 6.08 Å². The summed E-state index contributed by atoms with van der Waals surface area (Å²) >= 11 is 0. The van der Waals surface area contributed by atoms with Crippen molar-refractivity contribution in [1.29, 1.82) is 0 Å². The number of carbonyl (C=O) groups excluding carboxylic acids is 2. The van der Waals surface area contributed by atoms with Gasteiger partial charge in [-0.05, 0) is 37.5 Å². The number of unbranched alkanes of at least 4 members (excludes halogenated alkanes) is 1. The molecule has 1 atom stereocenters. The van der Waals surface area contributed by atoms with Gasteiger partial charge in [0.2, 0.25) is 0 Å². The average molecular weight is 316 g/mol. The van der Waals surface area contributed by atoms with Crippen molar-refractivity contribution >= 4 is 11.6 Å². The highest BCUT2D eigenvalue weighted by Gasteiger charge is 2.47. The van der Waals surface area contributed by atoms with Gasteiger partial charge in [0, 0.05) is 23.8 Å². The summed E-state index contributed by atoms with van der Waals surface area (Å²) in [4.78, 5) is 23.6. The minimum atomic E-state index is -1.35. The largest absolute Gasteiger partial charge is 0.373 e. The minimum absolute atomic E-state index is 0.0139. The van der Waals surface area contributed by atoms with Gasteiger partial charge >= 0.3 is 0 Å². The number of carbonyl (C=O) groups is 2. The lowest BCUT2D eigenvalue weighted by atomic mass is 9.65. The van der Waals surface area contributed by atoms with Gasteiger partial charge in [-0.2, -0.15) is 0 Å². The molecule has 0 fully saturated rings. The first-order valence-corrected chi connectivity index (χ1v) is 8.36. The summed E-state index contributed by atoms with van der Waals surface area (Å²) in [6.45, 7) is 9.41. The Bertz CT molecular complexity index is 596. The predicted octanol–water partition coefficient (Wildman–Crippen LogP) is 3.76. The average Bonchev–Trinajstić information content (AvgIpc) is 2.46. The first-order valence-electron chi connectivity index (χ1n) is 8.36. The zero-order chi connectivity index (χ0) is 17.7. The Morgan fingerprint density at radius 3 is 2.57 bits per heavy atom. The highest BCUT2D eigenvalue weighted by molar-refractivity contribution is 5.93. The molecule has 0 saturated carbocycles. The quantitative estimate of drug-likeness (QED) is 0.620. The van der Waals surface area contributed by atoms with Crippen LogP contribution in [-0.2, 0) is 9.59 Å². The maximum absolute atomic E-state index is 11.9. The van der Waals surface area contributed by atoms with Gasteiger partial charge in [0.15, 0.2) is 17.2 Å². The molecule has 23 heavy (non-hydrogen) atoms. The van der Waals surface area contributed by atoms with Gasteiger partial charge in [0.1, 0.15) is 0 Å². The van der Waals surface area contributed by atoms with Gasteiger partial charge in [0.25, 0.3) is 0 Å². The Morgan fingerprint density at radius 1 is 1.39 bits per heavy atom. The topological polar surface area (TPSA) is 54.4 Å². The second kappa shape index (κ2) is 7.75. The molecule has 1 aliphatic rings. The van der Waals surface area contributed by atoms with E-state index in [9.17, 15) is 14.7 Å². The maximum Gasteiger partial charge on any atom is 0.156 e. The summed E-state index contributed by atoms with van der Waals surface area (Å²) in [5.74, 6) is 6.00. The minimum Gasteiger partial charge on any atom is -0.373 e. The Hall–Kier alpha value is -1.66. The van der Waals surface area contributed by atoms with Gasteiger partial charge < -0.3 is 5.11 Å². The van der Waals surface area contributed by atoms with Crippen molar-refractivity contribution in [2.45, 2.75) is 72.3 Å². The second-order valence-corrected chi connectivity index (χ2v) is 6.91. The molecule has 3 nitrogen and oxygen atoms in total. The molecule has 1 N–H and O–H groups in total. The molecule has 126 valence electrons. The fourth-order valence-electron chi connectivity index (χ4n) is 2.78. The number of rotatable bonds is 5. The van der Waals surface area contributed by atoms with Crippen LogP contribution in [0.1, 0.15) is 66.7 Å². The highest BCUT2D eigenvalue weighted by Crippen LogP contribution is 2.42. The first-order chi connectivity index (χ1) is 10.7. The summed E-state index contributed by atoms with van der Waals surface area (Å²) in [7, 11) is 0. The van der Waals surface area contributed by atoms with Crippen LogP contribution in [0.2, 0.25) is 0 Å². The van der Waals surface area contributed by atoms with Gasteiger partial charge in [-0.15, -0.1) is 0 Å². The molecule has 0 spiro atoms. The molecule has 0 aliphatic heterocycles. The fourth-order valence-corrected chi connectivity index (χ4v) is 2.78. The van der Waals surface area contributed by atoms with E-state index >= 15 is 0 Å². The van der Waals surface area contributed by atoms with Crippen LogP contribution in [0.3, 0.4) is 0 Å². The molecule has 3 heteroatoms. The van der Waals surface area contributed by atoms with Gasteiger partial charge in [0.05, 0.1) is 0 Å². The molecule has 0 aromatic heterocycles. The third kappa shape index (κ3) is 4.65. The SMILES string of the molecule is CCCCC(=O)/C=C(\C#CC1(O)C(C)=CC(=O)CC1(C)C)CC. The monoisotopic (exact) mass is 316 g/mol. The molecule has 0 amide bonds. The van der Waals surface area contributed by atoms with Crippen molar-refractivity contribution in [2.24, 2.45) is 5.41 Å². The van der Waals surface area contributed by atoms with Crippen molar-refractivity contribution in [3.05, 3.63) is 23.3 Å². The lowest BCUT2D eigenvalue weighted by Gasteiger charge is -2.42. The third-order valence-corrected chi connectivity index (χ3v) is 4.44. The van der Waals surface area contributed by atoms with Crippen LogP contribution in [0, 0.1) is 17.3 Å². The van der Waals surface area contributed by atoms with Gasteiger partial charge in [-0.25, -0.2) is 0 Å². The fraction of sp³-hybridized carbons (Fsp3) is 0.600. The van der Waals surface area contributed by atoms with E-state index in [1.807, 2.05) is 20.8 Å². The third-order valence-electron chi connectivity index (χ3n) is 4.44. The Kier molecular flexibility index (Phi) is 6.53. The van der Waals surface area contributed by atoms with E-state index in [2.05, 4.69) is 18.8 Å². The molecule has 0 bridgehead atoms. The molecule has 0 heterocycles. The first kappa shape index (κ1) is 19.4. The molecule has 0 saturated heterocycles. The number of hydrogen-bond donors (Lipinski definition) is 1. The van der Waals surface area contributed by atoms with Crippen LogP contribution in [0.4, 0.5) is 0 Å². The zero-order valence-corrected chi connectivity index (χ0v) is 15.0. The van der Waals surface area contributed by atoms with Crippen molar-refractivity contribution in [3.8, 4) is 11.8 Å². The normalized spacial score (nSPS) is 23.8. The number of ketones is 2. The van der Waals surface area contributed by atoms with Crippen LogP contribution in [0.15, 0.2) is 23.3 Å². The molecule has 1 rings (SSSR count). The van der Waals surface area contributed by atoms with Crippen LogP contribution < -0.4 is 0 Å². The Morgan fingerprint density at radius 2 is 2.04 bits per heavy atom. The number of aliphatic hydroxyl groups is 1. The summed E-state index contributed by atoms with van der Waals surface area (Å²) in [6, 6.07) is 0.